The second-order valence-electron chi connectivity index (χ2n) is 6.07. The van der Waals surface area contributed by atoms with Gasteiger partial charge in [0.05, 0.1) is 23.0 Å². The van der Waals surface area contributed by atoms with E-state index in [-0.39, 0.29) is 10.8 Å². The zero-order chi connectivity index (χ0) is 14.8. The molecule has 2 atom stereocenters. The van der Waals surface area contributed by atoms with Crippen LogP contribution in [0.5, 0.6) is 0 Å². The van der Waals surface area contributed by atoms with Crippen molar-refractivity contribution < 1.29 is 0 Å². The van der Waals surface area contributed by atoms with Gasteiger partial charge in [-0.05, 0) is 52.3 Å². The lowest BCUT2D eigenvalue weighted by molar-refractivity contribution is 0.373. The zero-order valence-corrected chi connectivity index (χ0v) is 14.5. The van der Waals surface area contributed by atoms with E-state index in [0.29, 0.717) is 6.04 Å². The molecule has 2 heterocycles. The first kappa shape index (κ1) is 16.2. The smallest absolute Gasteiger partial charge is 0.0834 e. The average molecular weight is 316 g/mol. The van der Waals surface area contributed by atoms with Crippen LogP contribution in [0.3, 0.4) is 0 Å². The summed E-state index contributed by atoms with van der Waals surface area (Å²) in [6, 6.07) is 0.603. The molecule has 1 aliphatic rings. The second-order valence-corrected chi connectivity index (χ2v) is 8.10. The Morgan fingerprint density at radius 3 is 2.85 bits per heavy atom. The third-order valence-electron chi connectivity index (χ3n) is 4.01. The topological polar surface area (TPSA) is 29.9 Å². The Labute approximate surface area is 131 Å². The SMILES string of the molecule is CCCNC(c1c(Cl)cnn1C(C)C)C1(C)CCCS1. The Morgan fingerprint density at radius 2 is 2.30 bits per heavy atom. The molecule has 3 nitrogen and oxygen atoms in total. The molecule has 1 saturated heterocycles. The third kappa shape index (κ3) is 3.18. The van der Waals surface area contributed by atoms with E-state index in [9.17, 15) is 0 Å². The summed E-state index contributed by atoms with van der Waals surface area (Å²) in [5.74, 6) is 1.24. The van der Waals surface area contributed by atoms with Crippen molar-refractivity contribution in [2.75, 3.05) is 12.3 Å². The quantitative estimate of drug-likeness (QED) is 0.841. The van der Waals surface area contributed by atoms with Gasteiger partial charge in [0.2, 0.25) is 0 Å². The van der Waals surface area contributed by atoms with Crippen LogP contribution in [0, 0.1) is 0 Å². The molecule has 0 spiro atoms. The molecule has 2 unspecified atom stereocenters. The Balaban J connectivity index is 2.38. The molecular weight excluding hydrogens is 290 g/mol. The van der Waals surface area contributed by atoms with Gasteiger partial charge in [-0.15, -0.1) is 0 Å². The minimum absolute atomic E-state index is 0.214. The zero-order valence-electron chi connectivity index (χ0n) is 12.9. The lowest BCUT2D eigenvalue weighted by atomic mass is 9.93. The molecule has 1 fully saturated rings. The van der Waals surface area contributed by atoms with Crippen molar-refractivity contribution in [1.82, 2.24) is 15.1 Å². The molecule has 0 amide bonds. The van der Waals surface area contributed by atoms with Crippen molar-refractivity contribution in [2.45, 2.75) is 63.8 Å². The summed E-state index contributed by atoms with van der Waals surface area (Å²) < 4.78 is 2.30. The summed E-state index contributed by atoms with van der Waals surface area (Å²) in [6.45, 7) is 9.91. The molecule has 2 rings (SSSR count). The predicted molar refractivity (Wildman–Crippen MR) is 88.8 cm³/mol. The van der Waals surface area contributed by atoms with Crippen molar-refractivity contribution in [2.24, 2.45) is 0 Å². The van der Waals surface area contributed by atoms with E-state index >= 15 is 0 Å². The maximum absolute atomic E-state index is 6.47. The van der Waals surface area contributed by atoms with Gasteiger partial charge in [-0.25, -0.2) is 0 Å². The fourth-order valence-electron chi connectivity index (χ4n) is 2.95. The van der Waals surface area contributed by atoms with Crippen molar-refractivity contribution in [3.63, 3.8) is 0 Å². The van der Waals surface area contributed by atoms with Gasteiger partial charge in [0, 0.05) is 10.8 Å². The Hall–Kier alpha value is -0.190. The van der Waals surface area contributed by atoms with Crippen LogP contribution in [0.2, 0.25) is 5.02 Å². The summed E-state index contributed by atoms with van der Waals surface area (Å²) in [7, 11) is 0. The van der Waals surface area contributed by atoms with Crippen molar-refractivity contribution in [1.29, 1.82) is 0 Å². The van der Waals surface area contributed by atoms with Gasteiger partial charge in [0.25, 0.3) is 0 Å². The van der Waals surface area contributed by atoms with Crippen LogP contribution < -0.4 is 5.32 Å². The van der Waals surface area contributed by atoms with Gasteiger partial charge < -0.3 is 5.32 Å². The normalized spacial score (nSPS) is 24.5. The van der Waals surface area contributed by atoms with Gasteiger partial charge in [-0.1, -0.05) is 18.5 Å². The Morgan fingerprint density at radius 1 is 1.55 bits per heavy atom. The molecule has 1 aromatic heterocycles. The fraction of sp³-hybridized carbons (Fsp3) is 0.800. The molecule has 1 aliphatic heterocycles. The molecule has 0 aliphatic carbocycles. The van der Waals surface area contributed by atoms with Crippen molar-refractivity contribution in [3.05, 3.63) is 16.9 Å². The van der Waals surface area contributed by atoms with Crippen LogP contribution in [0.25, 0.3) is 0 Å². The molecule has 0 saturated carbocycles. The van der Waals surface area contributed by atoms with Gasteiger partial charge in [0.1, 0.15) is 0 Å². The van der Waals surface area contributed by atoms with E-state index in [1.807, 2.05) is 0 Å². The van der Waals surface area contributed by atoms with E-state index in [1.54, 1.807) is 6.20 Å². The minimum Gasteiger partial charge on any atom is -0.307 e. The number of hydrogen-bond donors (Lipinski definition) is 1. The molecule has 20 heavy (non-hydrogen) atoms. The number of nitrogens with one attached hydrogen (secondary N) is 1. The lowest BCUT2D eigenvalue weighted by Gasteiger charge is -2.35. The third-order valence-corrected chi connectivity index (χ3v) is 5.89. The fourth-order valence-corrected chi connectivity index (χ4v) is 4.60. The van der Waals surface area contributed by atoms with E-state index in [0.717, 1.165) is 23.7 Å². The van der Waals surface area contributed by atoms with E-state index in [4.69, 9.17) is 11.6 Å². The van der Waals surface area contributed by atoms with Crippen LogP contribution in [0.1, 0.15) is 64.7 Å². The molecule has 1 N–H and O–H groups in total. The van der Waals surface area contributed by atoms with Crippen LogP contribution >= 0.6 is 23.4 Å². The first-order valence-electron chi connectivity index (χ1n) is 7.60. The summed E-state index contributed by atoms with van der Waals surface area (Å²) in [5, 5.41) is 9.00. The van der Waals surface area contributed by atoms with E-state index in [2.05, 4.69) is 54.6 Å². The highest BCUT2D eigenvalue weighted by Gasteiger charge is 2.41. The summed E-state index contributed by atoms with van der Waals surface area (Å²) in [6.07, 6.45) is 5.45. The lowest BCUT2D eigenvalue weighted by Crippen LogP contribution is -2.39. The number of thioether (sulfide) groups is 1. The minimum atomic E-state index is 0.214. The molecule has 0 radical (unpaired) electrons. The summed E-state index contributed by atoms with van der Waals surface area (Å²) >= 11 is 8.54. The largest absolute Gasteiger partial charge is 0.307 e. The first-order valence-corrected chi connectivity index (χ1v) is 8.96. The highest BCUT2D eigenvalue weighted by Crippen LogP contribution is 2.48. The number of nitrogens with zero attached hydrogens (tertiary/aromatic N) is 2. The first-order chi connectivity index (χ1) is 9.49. The van der Waals surface area contributed by atoms with Crippen LogP contribution in [-0.4, -0.2) is 26.8 Å². The Kier molecular flexibility index (Phi) is 5.43. The van der Waals surface area contributed by atoms with Gasteiger partial charge >= 0.3 is 0 Å². The molecular formula is C15H26ClN3S. The molecule has 114 valence electrons. The summed E-state index contributed by atoms with van der Waals surface area (Å²) in [5.41, 5.74) is 1.16. The maximum atomic E-state index is 6.47. The van der Waals surface area contributed by atoms with Gasteiger partial charge in [-0.3, -0.25) is 4.68 Å². The van der Waals surface area contributed by atoms with Gasteiger partial charge in [-0.2, -0.15) is 16.9 Å². The van der Waals surface area contributed by atoms with E-state index < -0.39 is 0 Å². The predicted octanol–water partition coefficient (Wildman–Crippen LogP) is 4.44. The molecule has 5 heteroatoms. The monoisotopic (exact) mass is 315 g/mol. The number of hydrogen-bond acceptors (Lipinski definition) is 3. The number of halogens is 1. The number of rotatable bonds is 6. The summed E-state index contributed by atoms with van der Waals surface area (Å²) in [4.78, 5) is 0. The maximum Gasteiger partial charge on any atom is 0.0834 e. The highest BCUT2D eigenvalue weighted by atomic mass is 35.5. The van der Waals surface area contributed by atoms with E-state index in [1.165, 1.54) is 18.6 Å². The van der Waals surface area contributed by atoms with Crippen molar-refractivity contribution in [3.8, 4) is 0 Å². The molecule has 1 aromatic rings. The molecule has 0 bridgehead atoms. The van der Waals surface area contributed by atoms with Gasteiger partial charge in [0.15, 0.2) is 0 Å². The highest BCUT2D eigenvalue weighted by molar-refractivity contribution is 8.00. The number of aromatic nitrogens is 2. The Bertz CT molecular complexity index is 438. The van der Waals surface area contributed by atoms with Crippen LogP contribution in [0.4, 0.5) is 0 Å². The molecule has 0 aromatic carbocycles. The average Bonchev–Trinajstić information content (AvgIpc) is 2.98. The van der Waals surface area contributed by atoms with Crippen molar-refractivity contribution >= 4 is 23.4 Å². The van der Waals surface area contributed by atoms with Crippen LogP contribution in [-0.2, 0) is 0 Å². The second kappa shape index (κ2) is 6.71. The standard InChI is InChI=1S/C15H26ClN3S/c1-5-8-17-14(15(4)7-6-9-20-15)13-12(16)10-18-19(13)11(2)3/h10-11,14,17H,5-9H2,1-4H3. The van der Waals surface area contributed by atoms with Crippen LogP contribution in [0.15, 0.2) is 6.20 Å².